The zero-order valence-electron chi connectivity index (χ0n) is 29.8. The molecule has 0 saturated heterocycles. The average molecular weight is 720 g/mol. The van der Waals surface area contributed by atoms with Crippen molar-refractivity contribution in [3.63, 3.8) is 0 Å². The van der Waals surface area contributed by atoms with Gasteiger partial charge in [0, 0.05) is 47.9 Å². The Hall–Kier alpha value is -6.94. The fourth-order valence-corrected chi connectivity index (χ4v) is 9.52. The third-order valence-corrected chi connectivity index (χ3v) is 12.1. The van der Waals surface area contributed by atoms with Gasteiger partial charge in [-0.1, -0.05) is 146 Å². The number of thiophene rings is 1. The van der Waals surface area contributed by atoms with Gasteiger partial charge in [0.15, 0.2) is 0 Å². The van der Waals surface area contributed by atoms with E-state index in [2.05, 4.69) is 193 Å². The molecule has 0 aliphatic carbocycles. The van der Waals surface area contributed by atoms with Gasteiger partial charge in [-0.15, -0.1) is 11.3 Å². The van der Waals surface area contributed by atoms with E-state index in [9.17, 15) is 0 Å². The number of hydrogen-bond acceptors (Lipinski definition) is 3. The summed E-state index contributed by atoms with van der Waals surface area (Å²) in [6.07, 6.45) is 0. The second-order valence-electron chi connectivity index (χ2n) is 14.1. The van der Waals surface area contributed by atoms with Crippen molar-refractivity contribution in [1.29, 1.82) is 0 Å². The average Bonchev–Trinajstić information content (AvgIpc) is 3.83. The van der Waals surface area contributed by atoms with E-state index in [1.165, 1.54) is 64.3 Å². The van der Waals surface area contributed by atoms with Gasteiger partial charge < -0.3 is 9.32 Å². The van der Waals surface area contributed by atoms with E-state index in [4.69, 9.17) is 4.42 Å². The predicted octanol–water partition coefficient (Wildman–Crippen LogP) is 15.6. The zero-order valence-corrected chi connectivity index (χ0v) is 30.6. The van der Waals surface area contributed by atoms with Crippen LogP contribution in [0.1, 0.15) is 0 Å². The molecular weight excluding hydrogens is 687 g/mol. The lowest BCUT2D eigenvalue weighted by molar-refractivity contribution is 0.669. The van der Waals surface area contributed by atoms with Crippen molar-refractivity contribution < 1.29 is 4.42 Å². The molecule has 55 heavy (non-hydrogen) atoms. The molecule has 2 nitrogen and oxygen atoms in total. The highest BCUT2D eigenvalue weighted by Gasteiger charge is 2.23. The van der Waals surface area contributed by atoms with Crippen molar-refractivity contribution in [2.24, 2.45) is 0 Å². The standard InChI is InChI=1S/C52H33NOS/c1-2-13-34(14-3-1)37-17-12-18-39(31-37)53(40-27-25-35-15-4-5-16-36(35)32-40)47-29-28-44(52-51(47)45-22-9-11-24-50(45)55-52)42-20-7-6-19-41(42)38-26-30-49-46(33-38)43-21-8-10-23-48(43)54-49/h1-33H. The topological polar surface area (TPSA) is 16.4 Å². The molecule has 0 unspecified atom stereocenters. The van der Waals surface area contributed by atoms with Gasteiger partial charge >= 0.3 is 0 Å². The highest BCUT2D eigenvalue weighted by atomic mass is 32.1. The molecule has 0 N–H and O–H groups in total. The second kappa shape index (κ2) is 12.9. The van der Waals surface area contributed by atoms with Gasteiger partial charge in [-0.25, -0.2) is 0 Å². The Kier molecular flexibility index (Phi) is 7.39. The Morgan fingerprint density at radius 1 is 0.382 bits per heavy atom. The van der Waals surface area contributed by atoms with Crippen molar-refractivity contribution >= 4 is 81.3 Å². The number of benzene rings is 9. The molecule has 0 aliphatic rings. The van der Waals surface area contributed by atoms with Crippen molar-refractivity contribution in [3.05, 3.63) is 200 Å². The van der Waals surface area contributed by atoms with E-state index in [1.54, 1.807) is 0 Å². The fraction of sp³-hybridized carbons (Fsp3) is 0. The van der Waals surface area contributed by atoms with Crippen LogP contribution in [0.15, 0.2) is 205 Å². The third kappa shape index (κ3) is 5.32. The molecule has 2 heterocycles. The molecule has 0 radical (unpaired) electrons. The maximum Gasteiger partial charge on any atom is 0.135 e. The first-order valence-corrected chi connectivity index (χ1v) is 19.5. The summed E-state index contributed by atoms with van der Waals surface area (Å²) in [5.74, 6) is 0. The monoisotopic (exact) mass is 719 g/mol. The molecule has 11 rings (SSSR count). The van der Waals surface area contributed by atoms with E-state index >= 15 is 0 Å². The van der Waals surface area contributed by atoms with Crippen LogP contribution in [-0.2, 0) is 0 Å². The van der Waals surface area contributed by atoms with Crippen LogP contribution in [-0.4, -0.2) is 0 Å². The molecule has 0 fully saturated rings. The third-order valence-electron chi connectivity index (χ3n) is 10.9. The molecule has 0 aliphatic heterocycles. The number of hydrogen-bond donors (Lipinski definition) is 0. The van der Waals surface area contributed by atoms with Crippen molar-refractivity contribution in [3.8, 4) is 33.4 Å². The van der Waals surface area contributed by atoms with E-state index in [0.29, 0.717) is 0 Å². The van der Waals surface area contributed by atoms with Gasteiger partial charge in [0.2, 0.25) is 0 Å². The number of nitrogens with zero attached hydrogens (tertiary/aromatic N) is 1. The van der Waals surface area contributed by atoms with Crippen LogP contribution in [0.4, 0.5) is 17.1 Å². The Labute approximate surface area is 322 Å². The quantitative estimate of drug-likeness (QED) is 0.170. The number of rotatable bonds is 6. The van der Waals surface area contributed by atoms with Gasteiger partial charge in [-0.05, 0) is 93.2 Å². The van der Waals surface area contributed by atoms with Crippen LogP contribution in [0.25, 0.3) is 86.3 Å². The summed E-state index contributed by atoms with van der Waals surface area (Å²) >= 11 is 1.88. The van der Waals surface area contributed by atoms with Crippen molar-refractivity contribution in [1.82, 2.24) is 0 Å². The molecule has 0 amide bonds. The Morgan fingerprint density at radius 2 is 1.09 bits per heavy atom. The van der Waals surface area contributed by atoms with Crippen molar-refractivity contribution in [2.75, 3.05) is 4.90 Å². The van der Waals surface area contributed by atoms with Crippen LogP contribution < -0.4 is 4.90 Å². The Balaban J connectivity index is 1.16. The van der Waals surface area contributed by atoms with Gasteiger partial charge in [0.25, 0.3) is 0 Å². The van der Waals surface area contributed by atoms with Crippen LogP contribution in [0.2, 0.25) is 0 Å². The summed E-state index contributed by atoms with van der Waals surface area (Å²) in [6, 6.07) is 72.3. The van der Waals surface area contributed by atoms with Crippen molar-refractivity contribution in [2.45, 2.75) is 0 Å². The lowest BCUT2D eigenvalue weighted by atomic mass is 9.92. The number of furan rings is 1. The lowest BCUT2D eigenvalue weighted by Crippen LogP contribution is -2.10. The smallest absolute Gasteiger partial charge is 0.135 e. The van der Waals surface area contributed by atoms with E-state index in [1.807, 2.05) is 23.5 Å². The van der Waals surface area contributed by atoms with Crippen LogP contribution in [0.3, 0.4) is 0 Å². The molecular formula is C52H33NOS. The summed E-state index contributed by atoms with van der Waals surface area (Å²) in [6.45, 7) is 0. The molecule has 0 atom stereocenters. The molecule has 3 heteroatoms. The molecule has 9 aromatic carbocycles. The second-order valence-corrected chi connectivity index (χ2v) is 15.1. The predicted molar refractivity (Wildman–Crippen MR) is 235 cm³/mol. The molecule has 2 aromatic heterocycles. The highest BCUT2D eigenvalue weighted by molar-refractivity contribution is 7.26. The number of fused-ring (bicyclic) bond motifs is 7. The molecule has 0 saturated carbocycles. The van der Waals surface area contributed by atoms with E-state index in [-0.39, 0.29) is 0 Å². The normalized spacial score (nSPS) is 11.6. The zero-order chi connectivity index (χ0) is 36.3. The SMILES string of the molecule is c1ccc(-c2cccc(N(c3ccc4ccccc4c3)c3ccc(-c4ccccc4-c4ccc5oc6ccccc6c5c4)c4sc5ccccc5c34)c2)cc1. The minimum Gasteiger partial charge on any atom is -0.456 e. The summed E-state index contributed by atoms with van der Waals surface area (Å²) in [5.41, 5.74) is 12.4. The van der Waals surface area contributed by atoms with Crippen LogP contribution in [0, 0.1) is 0 Å². The molecule has 0 bridgehead atoms. The maximum absolute atomic E-state index is 6.21. The van der Waals surface area contributed by atoms with E-state index < -0.39 is 0 Å². The highest BCUT2D eigenvalue weighted by Crippen LogP contribution is 2.50. The molecule has 258 valence electrons. The Bertz CT molecular complexity index is 3230. The number of para-hydroxylation sites is 1. The first-order chi connectivity index (χ1) is 27.3. The first kappa shape index (κ1) is 31.6. The summed E-state index contributed by atoms with van der Waals surface area (Å²) in [4.78, 5) is 2.45. The van der Waals surface area contributed by atoms with Crippen LogP contribution >= 0.6 is 11.3 Å². The lowest BCUT2D eigenvalue weighted by Gasteiger charge is -2.28. The summed E-state index contributed by atoms with van der Waals surface area (Å²) in [7, 11) is 0. The first-order valence-electron chi connectivity index (χ1n) is 18.7. The summed E-state index contributed by atoms with van der Waals surface area (Å²) < 4.78 is 8.75. The minimum atomic E-state index is 0.906. The Morgan fingerprint density at radius 3 is 2.00 bits per heavy atom. The molecule has 0 spiro atoms. The van der Waals surface area contributed by atoms with Gasteiger partial charge in [0.05, 0.1) is 5.69 Å². The van der Waals surface area contributed by atoms with Crippen LogP contribution in [0.5, 0.6) is 0 Å². The largest absolute Gasteiger partial charge is 0.456 e. The minimum absolute atomic E-state index is 0.906. The maximum atomic E-state index is 6.21. The summed E-state index contributed by atoms with van der Waals surface area (Å²) in [5, 5.41) is 7.22. The van der Waals surface area contributed by atoms with E-state index in [0.717, 1.165) is 39.0 Å². The number of anilines is 3. The molecule has 11 aromatic rings. The fourth-order valence-electron chi connectivity index (χ4n) is 8.27. The van der Waals surface area contributed by atoms with Gasteiger partial charge in [-0.2, -0.15) is 0 Å². The van der Waals surface area contributed by atoms with Gasteiger partial charge in [-0.3, -0.25) is 0 Å². The van der Waals surface area contributed by atoms with Gasteiger partial charge in [0.1, 0.15) is 11.2 Å².